The maximum Gasteiger partial charge on any atom is 0.272 e. The van der Waals surface area contributed by atoms with Gasteiger partial charge in [-0.05, 0) is 68.1 Å². The largest absolute Gasteiger partial charge is 0.311 e. The number of hydrogen-bond acceptors (Lipinski definition) is 4. The Morgan fingerprint density at radius 3 is 2.15 bits per heavy atom. The van der Waals surface area contributed by atoms with Crippen LogP contribution in [0.3, 0.4) is 0 Å². The van der Waals surface area contributed by atoms with E-state index < -0.39 is 0 Å². The average Bonchev–Trinajstić information content (AvgIpc) is 3.23. The molecule has 0 atom stereocenters. The van der Waals surface area contributed by atoms with Crippen LogP contribution in [0.25, 0.3) is 5.57 Å². The molecule has 3 aromatic carbocycles. The number of halogens is 1. The van der Waals surface area contributed by atoms with Crippen LogP contribution in [0.2, 0.25) is 0 Å². The summed E-state index contributed by atoms with van der Waals surface area (Å²) in [5.41, 5.74) is 5.63. The third-order valence-corrected chi connectivity index (χ3v) is 7.20. The van der Waals surface area contributed by atoms with Gasteiger partial charge >= 0.3 is 0 Å². The first-order valence-corrected chi connectivity index (χ1v) is 12.0. The van der Waals surface area contributed by atoms with E-state index in [1.807, 2.05) is 80.6 Å². The van der Waals surface area contributed by atoms with Crippen molar-refractivity contribution in [3.05, 3.63) is 92.8 Å². The average molecular weight is 518 g/mol. The fourth-order valence-electron chi connectivity index (χ4n) is 3.86. The fourth-order valence-corrected chi connectivity index (χ4v) is 5.32. The highest BCUT2D eigenvalue weighted by Gasteiger charge is 2.42. The molecule has 0 bridgehead atoms. The van der Waals surface area contributed by atoms with Gasteiger partial charge in [-0.25, -0.2) is 4.99 Å². The molecule has 0 unspecified atom stereocenters. The third kappa shape index (κ3) is 3.81. The SMILES string of the molecule is Cc1ccc(N=C2S/C(=C3/C(=O)N(C)c4ccc(Br)cc43)C(=O)N2c2ccc(C)cc2)cc1. The van der Waals surface area contributed by atoms with E-state index >= 15 is 0 Å². The monoisotopic (exact) mass is 517 g/mol. The molecule has 0 N–H and O–H groups in total. The van der Waals surface area contributed by atoms with Gasteiger partial charge in [0, 0.05) is 17.1 Å². The van der Waals surface area contributed by atoms with Crippen LogP contribution >= 0.6 is 27.7 Å². The lowest BCUT2D eigenvalue weighted by Gasteiger charge is -2.16. The molecule has 5 rings (SSSR count). The number of amidine groups is 1. The number of fused-ring (bicyclic) bond motifs is 1. The molecule has 5 nitrogen and oxygen atoms in total. The summed E-state index contributed by atoms with van der Waals surface area (Å²) in [5, 5.41) is 0.522. The fraction of sp³-hybridized carbons (Fsp3) is 0.115. The van der Waals surface area contributed by atoms with Gasteiger partial charge in [0.1, 0.15) is 0 Å². The summed E-state index contributed by atoms with van der Waals surface area (Å²) >= 11 is 4.74. The van der Waals surface area contributed by atoms with E-state index in [0.717, 1.165) is 32.5 Å². The van der Waals surface area contributed by atoms with Crippen LogP contribution in [0.1, 0.15) is 16.7 Å². The number of aryl methyl sites for hydroxylation is 2. The first kappa shape index (κ1) is 21.7. The summed E-state index contributed by atoms with van der Waals surface area (Å²) in [4.78, 5) is 35.3. The summed E-state index contributed by atoms with van der Waals surface area (Å²) < 4.78 is 0.849. The number of anilines is 2. The smallest absolute Gasteiger partial charge is 0.272 e. The lowest BCUT2D eigenvalue weighted by Crippen LogP contribution is -2.29. The molecule has 2 amide bonds. The molecule has 33 heavy (non-hydrogen) atoms. The van der Waals surface area contributed by atoms with Crippen LogP contribution in [-0.4, -0.2) is 24.0 Å². The van der Waals surface area contributed by atoms with E-state index in [2.05, 4.69) is 15.9 Å². The van der Waals surface area contributed by atoms with Gasteiger partial charge in [0.15, 0.2) is 5.17 Å². The first-order valence-electron chi connectivity index (χ1n) is 10.4. The van der Waals surface area contributed by atoms with E-state index in [4.69, 9.17) is 4.99 Å². The van der Waals surface area contributed by atoms with Crippen molar-refractivity contribution in [2.75, 3.05) is 16.8 Å². The molecule has 0 aromatic heterocycles. The number of aliphatic imine (C=N–C) groups is 1. The Kier molecular flexibility index (Phi) is 5.46. The molecule has 7 heteroatoms. The molecule has 3 aromatic rings. The zero-order chi connectivity index (χ0) is 23.3. The number of carbonyl (C=O) groups is 2. The van der Waals surface area contributed by atoms with E-state index in [0.29, 0.717) is 21.3 Å². The molecular weight excluding hydrogens is 498 g/mol. The van der Waals surface area contributed by atoms with Crippen LogP contribution in [-0.2, 0) is 9.59 Å². The topological polar surface area (TPSA) is 53.0 Å². The molecule has 1 saturated heterocycles. The van der Waals surface area contributed by atoms with E-state index in [1.165, 1.54) is 11.8 Å². The Morgan fingerprint density at radius 1 is 0.848 bits per heavy atom. The van der Waals surface area contributed by atoms with Crippen molar-refractivity contribution in [2.45, 2.75) is 13.8 Å². The Bertz CT molecular complexity index is 1360. The molecule has 1 fully saturated rings. The maximum atomic E-state index is 13.8. The molecule has 2 heterocycles. The minimum Gasteiger partial charge on any atom is -0.311 e. The van der Waals surface area contributed by atoms with Gasteiger partial charge < -0.3 is 4.90 Å². The second kappa shape index (κ2) is 8.32. The Hall–Kier alpha value is -3.16. The number of hydrogen-bond donors (Lipinski definition) is 0. The zero-order valence-corrected chi connectivity index (χ0v) is 20.7. The maximum absolute atomic E-state index is 13.8. The van der Waals surface area contributed by atoms with E-state index in [1.54, 1.807) is 16.8 Å². The highest BCUT2D eigenvalue weighted by molar-refractivity contribution is 9.10. The first-order chi connectivity index (χ1) is 15.8. The van der Waals surface area contributed by atoms with Crippen LogP contribution < -0.4 is 9.80 Å². The van der Waals surface area contributed by atoms with Gasteiger partial charge in [-0.3, -0.25) is 14.5 Å². The van der Waals surface area contributed by atoms with Gasteiger partial charge in [0.2, 0.25) is 0 Å². The van der Waals surface area contributed by atoms with Crippen LogP contribution in [0.4, 0.5) is 17.1 Å². The molecule has 2 aliphatic rings. The quantitative estimate of drug-likeness (QED) is 0.379. The van der Waals surface area contributed by atoms with Crippen molar-refractivity contribution < 1.29 is 9.59 Å². The Morgan fingerprint density at radius 2 is 1.48 bits per heavy atom. The van der Waals surface area contributed by atoms with Crippen molar-refractivity contribution in [1.29, 1.82) is 0 Å². The molecular formula is C26H20BrN3O2S. The second-order valence-corrected chi connectivity index (χ2v) is 9.93. The van der Waals surface area contributed by atoms with Crippen LogP contribution in [0.5, 0.6) is 0 Å². The summed E-state index contributed by atoms with van der Waals surface area (Å²) in [5.74, 6) is -0.446. The predicted molar refractivity (Wildman–Crippen MR) is 139 cm³/mol. The van der Waals surface area contributed by atoms with E-state index in [-0.39, 0.29) is 11.8 Å². The third-order valence-electron chi connectivity index (χ3n) is 5.67. The zero-order valence-electron chi connectivity index (χ0n) is 18.3. The highest BCUT2D eigenvalue weighted by Crippen LogP contribution is 2.46. The van der Waals surface area contributed by atoms with Gasteiger partial charge in [0.05, 0.1) is 27.5 Å². The number of nitrogens with zero attached hydrogens (tertiary/aromatic N) is 3. The number of benzene rings is 3. The normalized spacial score (nSPS) is 19.1. The molecule has 0 radical (unpaired) electrons. The number of thioether (sulfide) groups is 1. The summed E-state index contributed by atoms with van der Waals surface area (Å²) in [6.45, 7) is 4.02. The van der Waals surface area contributed by atoms with Crippen molar-refractivity contribution in [3.63, 3.8) is 0 Å². The number of likely N-dealkylation sites (N-methyl/N-ethyl adjacent to an activating group) is 1. The van der Waals surface area contributed by atoms with Crippen molar-refractivity contribution in [2.24, 2.45) is 4.99 Å². The summed E-state index contributed by atoms with van der Waals surface area (Å²) in [7, 11) is 1.73. The molecule has 0 spiro atoms. The minimum absolute atomic E-state index is 0.195. The van der Waals surface area contributed by atoms with Gasteiger partial charge in [-0.2, -0.15) is 0 Å². The summed E-state index contributed by atoms with van der Waals surface area (Å²) in [6.07, 6.45) is 0. The second-order valence-electron chi connectivity index (χ2n) is 8.04. The van der Waals surface area contributed by atoms with Crippen LogP contribution in [0, 0.1) is 13.8 Å². The Balaban J connectivity index is 1.69. The van der Waals surface area contributed by atoms with Gasteiger partial charge in [-0.1, -0.05) is 51.3 Å². The van der Waals surface area contributed by atoms with Crippen molar-refractivity contribution in [3.8, 4) is 0 Å². The molecule has 164 valence electrons. The molecule has 2 aliphatic heterocycles. The minimum atomic E-state index is -0.251. The number of carbonyl (C=O) groups excluding carboxylic acids is 2. The molecule has 0 aliphatic carbocycles. The van der Waals surface area contributed by atoms with Gasteiger partial charge in [-0.15, -0.1) is 0 Å². The van der Waals surface area contributed by atoms with E-state index in [9.17, 15) is 9.59 Å². The lowest BCUT2D eigenvalue weighted by atomic mass is 10.1. The number of rotatable bonds is 2. The Labute approximate surface area is 204 Å². The van der Waals surface area contributed by atoms with Crippen molar-refractivity contribution >= 4 is 67.3 Å². The standard InChI is InChI=1S/C26H20BrN3O2S/c1-15-4-9-18(10-5-15)28-26-30(19-11-6-16(2)7-12-19)25(32)23(33-26)22-20-14-17(27)8-13-21(20)29(3)24(22)31/h4-14H,1-3H3/b23-22+,28-26?. The van der Waals surface area contributed by atoms with Gasteiger partial charge in [0.25, 0.3) is 11.8 Å². The number of amides is 2. The summed E-state index contributed by atoms with van der Waals surface area (Å²) in [6, 6.07) is 21.2. The van der Waals surface area contributed by atoms with Crippen LogP contribution in [0.15, 0.2) is 81.1 Å². The molecule has 0 saturated carbocycles. The van der Waals surface area contributed by atoms with Crippen molar-refractivity contribution in [1.82, 2.24) is 0 Å². The highest BCUT2D eigenvalue weighted by atomic mass is 79.9. The lowest BCUT2D eigenvalue weighted by molar-refractivity contribution is -0.115. The predicted octanol–water partition coefficient (Wildman–Crippen LogP) is 6.22.